The molecule has 5 heteroatoms. The van der Waals surface area contributed by atoms with Gasteiger partial charge in [0.05, 0.1) is 11.3 Å². The Bertz CT molecular complexity index is 645. The minimum absolute atomic E-state index is 0.0498. The average Bonchev–Trinajstić information content (AvgIpc) is 3.23. The second-order valence-corrected chi connectivity index (χ2v) is 7.23. The standard InChI is InChI=1S/C17H19N3OS/c21-17(16-11-13-5-1-2-7-15(13)22-16)19-9-3-6-14(12-19)20-10-4-8-18-20/h1-2,4-5,7-8,10,14,16H,3,6,9,11-12H2/t14-,16-/m1/s1. The normalized spacial score (nSPS) is 24.3. The van der Waals surface area contributed by atoms with Crippen molar-refractivity contribution in [3.8, 4) is 0 Å². The first kappa shape index (κ1) is 13.9. The van der Waals surface area contributed by atoms with Crippen LogP contribution in [0, 0.1) is 0 Å². The van der Waals surface area contributed by atoms with E-state index in [0.29, 0.717) is 6.04 Å². The molecule has 22 heavy (non-hydrogen) atoms. The number of hydrogen-bond donors (Lipinski definition) is 0. The number of amides is 1. The van der Waals surface area contributed by atoms with Crippen LogP contribution in [-0.2, 0) is 11.2 Å². The van der Waals surface area contributed by atoms with Crippen LogP contribution in [0.1, 0.15) is 24.4 Å². The van der Waals surface area contributed by atoms with Gasteiger partial charge in [0.25, 0.3) is 0 Å². The molecule has 0 saturated carbocycles. The first-order chi connectivity index (χ1) is 10.8. The van der Waals surface area contributed by atoms with E-state index in [1.165, 1.54) is 10.5 Å². The molecule has 0 aliphatic carbocycles. The van der Waals surface area contributed by atoms with Crippen LogP contribution in [-0.4, -0.2) is 38.9 Å². The fourth-order valence-corrected chi connectivity index (χ4v) is 4.67. The van der Waals surface area contributed by atoms with Crippen LogP contribution in [0.5, 0.6) is 0 Å². The van der Waals surface area contributed by atoms with Gasteiger partial charge in [0.15, 0.2) is 0 Å². The van der Waals surface area contributed by atoms with E-state index in [2.05, 4.69) is 23.3 Å². The molecule has 2 aliphatic heterocycles. The van der Waals surface area contributed by atoms with Gasteiger partial charge in [-0.2, -0.15) is 5.10 Å². The van der Waals surface area contributed by atoms with Crippen molar-refractivity contribution in [3.05, 3.63) is 48.3 Å². The third-order valence-electron chi connectivity index (χ3n) is 4.53. The predicted octanol–water partition coefficient (Wildman–Crippen LogP) is 2.76. The molecule has 0 bridgehead atoms. The summed E-state index contributed by atoms with van der Waals surface area (Å²) in [6.07, 6.45) is 6.83. The quantitative estimate of drug-likeness (QED) is 0.855. The molecule has 0 N–H and O–H groups in total. The third kappa shape index (κ3) is 2.54. The molecule has 1 saturated heterocycles. The second-order valence-electron chi connectivity index (χ2n) is 5.98. The van der Waals surface area contributed by atoms with Gasteiger partial charge in [-0.1, -0.05) is 18.2 Å². The Morgan fingerprint density at radius 3 is 3.00 bits per heavy atom. The lowest BCUT2D eigenvalue weighted by Crippen LogP contribution is -2.44. The Hall–Kier alpha value is -1.75. The molecule has 3 heterocycles. The zero-order valence-electron chi connectivity index (χ0n) is 12.4. The van der Waals surface area contributed by atoms with Gasteiger partial charge in [0.1, 0.15) is 0 Å². The van der Waals surface area contributed by atoms with Gasteiger partial charge >= 0.3 is 0 Å². The largest absolute Gasteiger partial charge is 0.340 e. The predicted molar refractivity (Wildman–Crippen MR) is 86.9 cm³/mol. The zero-order chi connectivity index (χ0) is 14.9. The number of likely N-dealkylation sites (tertiary alicyclic amines) is 1. The summed E-state index contributed by atoms with van der Waals surface area (Å²) in [4.78, 5) is 16.2. The minimum Gasteiger partial charge on any atom is -0.340 e. The van der Waals surface area contributed by atoms with Gasteiger partial charge in [0, 0.05) is 30.4 Å². The maximum absolute atomic E-state index is 12.9. The van der Waals surface area contributed by atoms with E-state index in [1.54, 1.807) is 11.8 Å². The van der Waals surface area contributed by atoms with Crippen molar-refractivity contribution >= 4 is 17.7 Å². The highest BCUT2D eigenvalue weighted by molar-refractivity contribution is 8.01. The van der Waals surface area contributed by atoms with Crippen LogP contribution in [0.25, 0.3) is 0 Å². The summed E-state index contributed by atoms with van der Waals surface area (Å²) in [5.41, 5.74) is 1.31. The first-order valence-electron chi connectivity index (χ1n) is 7.84. The monoisotopic (exact) mass is 313 g/mol. The van der Waals surface area contributed by atoms with Crippen molar-refractivity contribution in [2.45, 2.75) is 35.4 Å². The van der Waals surface area contributed by atoms with Crippen molar-refractivity contribution in [2.75, 3.05) is 13.1 Å². The number of nitrogens with zero attached hydrogens (tertiary/aromatic N) is 3. The fourth-order valence-electron chi connectivity index (χ4n) is 3.39. The SMILES string of the molecule is O=C([C@H]1Cc2ccccc2S1)N1CCC[C@@H](n2cccn2)C1. The molecule has 1 aromatic heterocycles. The highest BCUT2D eigenvalue weighted by Crippen LogP contribution is 2.38. The number of rotatable bonds is 2. The van der Waals surface area contributed by atoms with E-state index in [-0.39, 0.29) is 11.2 Å². The Morgan fingerprint density at radius 1 is 1.27 bits per heavy atom. The van der Waals surface area contributed by atoms with E-state index < -0.39 is 0 Å². The second kappa shape index (κ2) is 5.80. The molecule has 1 fully saturated rings. The molecule has 4 nitrogen and oxygen atoms in total. The maximum atomic E-state index is 12.9. The zero-order valence-corrected chi connectivity index (χ0v) is 13.2. The number of aromatic nitrogens is 2. The smallest absolute Gasteiger partial charge is 0.236 e. The summed E-state index contributed by atoms with van der Waals surface area (Å²) in [6, 6.07) is 10.6. The lowest BCUT2D eigenvalue weighted by molar-refractivity contribution is -0.132. The van der Waals surface area contributed by atoms with Crippen molar-refractivity contribution < 1.29 is 4.79 Å². The molecule has 2 aromatic rings. The van der Waals surface area contributed by atoms with E-state index in [1.807, 2.05) is 34.1 Å². The van der Waals surface area contributed by atoms with Gasteiger partial charge in [-0.3, -0.25) is 9.48 Å². The van der Waals surface area contributed by atoms with Crippen LogP contribution in [0.3, 0.4) is 0 Å². The number of benzene rings is 1. The number of hydrogen-bond acceptors (Lipinski definition) is 3. The van der Waals surface area contributed by atoms with Crippen molar-refractivity contribution in [1.29, 1.82) is 0 Å². The Kier molecular flexibility index (Phi) is 3.66. The molecule has 2 atom stereocenters. The van der Waals surface area contributed by atoms with Gasteiger partial charge in [-0.15, -0.1) is 11.8 Å². The molecule has 0 radical (unpaired) electrons. The van der Waals surface area contributed by atoms with E-state index in [9.17, 15) is 4.79 Å². The third-order valence-corrected chi connectivity index (χ3v) is 5.83. The molecule has 1 aromatic carbocycles. The van der Waals surface area contributed by atoms with Gasteiger partial charge in [-0.05, 0) is 37.0 Å². The lowest BCUT2D eigenvalue weighted by Gasteiger charge is -2.34. The number of carbonyl (C=O) groups is 1. The van der Waals surface area contributed by atoms with Crippen molar-refractivity contribution in [1.82, 2.24) is 14.7 Å². The molecule has 4 rings (SSSR count). The van der Waals surface area contributed by atoms with E-state index >= 15 is 0 Å². The Morgan fingerprint density at radius 2 is 2.18 bits per heavy atom. The van der Waals surface area contributed by atoms with Crippen molar-refractivity contribution in [3.63, 3.8) is 0 Å². The highest BCUT2D eigenvalue weighted by atomic mass is 32.2. The lowest BCUT2D eigenvalue weighted by atomic mass is 10.0. The number of piperidine rings is 1. The number of fused-ring (bicyclic) bond motifs is 1. The molecule has 0 spiro atoms. The number of carbonyl (C=O) groups excluding carboxylic acids is 1. The Labute approximate surface area is 134 Å². The highest BCUT2D eigenvalue weighted by Gasteiger charge is 2.33. The molecular weight excluding hydrogens is 294 g/mol. The minimum atomic E-state index is 0.0498. The topological polar surface area (TPSA) is 38.1 Å². The fraction of sp³-hybridized carbons (Fsp3) is 0.412. The number of thioether (sulfide) groups is 1. The van der Waals surface area contributed by atoms with Crippen molar-refractivity contribution in [2.24, 2.45) is 0 Å². The van der Waals surface area contributed by atoms with Crippen LogP contribution in [0.2, 0.25) is 0 Å². The van der Waals surface area contributed by atoms with E-state index in [0.717, 1.165) is 32.4 Å². The summed E-state index contributed by atoms with van der Waals surface area (Å²) in [5, 5.41) is 4.39. The molecule has 1 amide bonds. The van der Waals surface area contributed by atoms with Gasteiger partial charge < -0.3 is 4.90 Å². The van der Waals surface area contributed by atoms with Crippen LogP contribution < -0.4 is 0 Å². The summed E-state index contributed by atoms with van der Waals surface area (Å²) >= 11 is 1.72. The van der Waals surface area contributed by atoms with Gasteiger partial charge in [0.2, 0.25) is 5.91 Å². The van der Waals surface area contributed by atoms with Crippen LogP contribution in [0.15, 0.2) is 47.6 Å². The molecule has 114 valence electrons. The molecule has 0 unspecified atom stereocenters. The first-order valence-corrected chi connectivity index (χ1v) is 8.72. The summed E-state index contributed by atoms with van der Waals surface area (Å²) in [5.74, 6) is 0.290. The Balaban J connectivity index is 1.45. The molecular formula is C17H19N3OS. The average molecular weight is 313 g/mol. The summed E-state index contributed by atoms with van der Waals surface area (Å²) in [7, 11) is 0. The van der Waals surface area contributed by atoms with Gasteiger partial charge in [-0.25, -0.2) is 0 Å². The van der Waals surface area contributed by atoms with Crippen LogP contribution in [0.4, 0.5) is 0 Å². The summed E-state index contributed by atoms with van der Waals surface area (Å²) < 4.78 is 2.00. The van der Waals surface area contributed by atoms with Crippen LogP contribution >= 0.6 is 11.8 Å². The summed E-state index contributed by atoms with van der Waals surface area (Å²) in [6.45, 7) is 1.66. The maximum Gasteiger partial charge on any atom is 0.236 e. The molecule has 2 aliphatic rings. The van der Waals surface area contributed by atoms with E-state index in [4.69, 9.17) is 0 Å².